The Morgan fingerprint density at radius 3 is 2.37 bits per heavy atom. The minimum Gasteiger partial charge on any atom is -0.371 e. The van der Waals surface area contributed by atoms with Crippen molar-refractivity contribution in [3.8, 4) is 0 Å². The number of rotatable bonds is 5. The number of aromatic nitrogens is 2. The van der Waals surface area contributed by atoms with Gasteiger partial charge in [-0.15, -0.1) is 0 Å². The van der Waals surface area contributed by atoms with Crippen molar-refractivity contribution < 1.29 is 13.2 Å². The molecule has 0 radical (unpaired) electrons. The molecule has 3 aromatic rings. The van der Waals surface area contributed by atoms with Crippen molar-refractivity contribution in [1.29, 1.82) is 0 Å². The lowest BCUT2D eigenvalue weighted by Gasteiger charge is -2.33. The maximum absolute atomic E-state index is 13.7. The Morgan fingerprint density at radius 1 is 1.00 bits per heavy atom. The van der Waals surface area contributed by atoms with Gasteiger partial charge in [0.25, 0.3) is 5.91 Å². The van der Waals surface area contributed by atoms with Gasteiger partial charge in [0.15, 0.2) is 0 Å². The third-order valence-corrected chi connectivity index (χ3v) is 8.98. The molecule has 9 nitrogen and oxygen atoms in total. The first-order valence-corrected chi connectivity index (χ1v) is 13.5. The van der Waals surface area contributed by atoms with Crippen LogP contribution in [-0.4, -0.2) is 73.4 Å². The number of amides is 1. The van der Waals surface area contributed by atoms with Crippen LogP contribution in [0.15, 0.2) is 52.2 Å². The molecule has 5 rings (SSSR count). The number of hydrogen-bond donors (Lipinski definition) is 1. The predicted octanol–water partition coefficient (Wildman–Crippen LogP) is 2.66. The summed E-state index contributed by atoms with van der Waals surface area (Å²) in [6.45, 7) is 2.70. The molecule has 2 aliphatic rings. The summed E-state index contributed by atoms with van der Waals surface area (Å²) in [7, 11) is -0.688. The lowest BCUT2D eigenvalue weighted by Crippen LogP contribution is -2.41. The summed E-state index contributed by atoms with van der Waals surface area (Å²) in [4.78, 5) is 33.3. The standard InChI is InChI=1S/C25H31N5O4S/c1-27(2)35(33,34)19-9-10-22(28-13-5-6-14-28)20(17-19)24(31)29-15-11-18(12-16-29)30-23-8-4-3-7-21(23)26-25(30)32/h3-4,7-10,17-18H,5-6,11-16H2,1-2H3,(H,26,32). The number of para-hydroxylation sites is 2. The van der Waals surface area contributed by atoms with Crippen LogP contribution in [0.4, 0.5) is 5.69 Å². The molecule has 1 aromatic heterocycles. The zero-order valence-electron chi connectivity index (χ0n) is 20.1. The Labute approximate surface area is 205 Å². The Kier molecular flexibility index (Phi) is 6.18. The Morgan fingerprint density at radius 2 is 1.69 bits per heavy atom. The number of imidazole rings is 1. The van der Waals surface area contributed by atoms with Crippen LogP contribution in [0.25, 0.3) is 11.0 Å². The summed E-state index contributed by atoms with van der Waals surface area (Å²) >= 11 is 0. The van der Waals surface area contributed by atoms with Gasteiger partial charge in [-0.2, -0.15) is 0 Å². The Hall–Kier alpha value is -3.11. The number of anilines is 1. The monoisotopic (exact) mass is 497 g/mol. The number of aromatic amines is 1. The van der Waals surface area contributed by atoms with Gasteiger partial charge in [0.05, 0.1) is 21.5 Å². The van der Waals surface area contributed by atoms with Crippen molar-refractivity contribution in [1.82, 2.24) is 18.8 Å². The third-order valence-electron chi connectivity index (χ3n) is 7.16. The minimum atomic E-state index is -3.67. The molecule has 0 bridgehead atoms. The second-order valence-corrected chi connectivity index (χ2v) is 11.7. The first kappa shape index (κ1) is 23.6. The molecule has 0 aliphatic carbocycles. The van der Waals surface area contributed by atoms with Gasteiger partial charge in [-0.25, -0.2) is 17.5 Å². The molecule has 35 heavy (non-hydrogen) atoms. The molecule has 0 unspecified atom stereocenters. The van der Waals surface area contributed by atoms with E-state index in [4.69, 9.17) is 0 Å². The number of nitrogens with zero attached hydrogens (tertiary/aromatic N) is 4. The van der Waals surface area contributed by atoms with Gasteiger partial charge in [-0.1, -0.05) is 12.1 Å². The molecule has 3 heterocycles. The molecular weight excluding hydrogens is 466 g/mol. The van der Waals surface area contributed by atoms with Gasteiger partial charge in [0.1, 0.15) is 0 Å². The highest BCUT2D eigenvalue weighted by Crippen LogP contribution is 2.31. The van der Waals surface area contributed by atoms with E-state index in [9.17, 15) is 18.0 Å². The molecule has 2 aromatic carbocycles. The highest BCUT2D eigenvalue weighted by atomic mass is 32.2. The summed E-state index contributed by atoms with van der Waals surface area (Å²) in [5.74, 6) is -0.160. The lowest BCUT2D eigenvalue weighted by molar-refractivity contribution is 0.0695. The second kappa shape index (κ2) is 9.16. The van der Waals surface area contributed by atoms with Gasteiger partial charge in [0, 0.05) is 52.0 Å². The summed E-state index contributed by atoms with van der Waals surface area (Å²) in [6, 6.07) is 12.5. The number of likely N-dealkylation sites (tertiary alicyclic amines) is 1. The van der Waals surface area contributed by atoms with E-state index in [1.54, 1.807) is 21.6 Å². The molecule has 0 spiro atoms. The summed E-state index contributed by atoms with van der Waals surface area (Å²) in [5, 5.41) is 0. The average molecular weight is 498 g/mol. The number of hydrogen-bond acceptors (Lipinski definition) is 5. The maximum Gasteiger partial charge on any atom is 0.326 e. The number of carbonyl (C=O) groups excluding carboxylic acids is 1. The molecule has 186 valence electrons. The maximum atomic E-state index is 13.7. The van der Waals surface area contributed by atoms with Crippen LogP contribution in [0.3, 0.4) is 0 Å². The molecule has 2 fully saturated rings. The molecular formula is C25H31N5O4S. The van der Waals surface area contributed by atoms with E-state index in [2.05, 4.69) is 9.88 Å². The molecule has 2 aliphatic heterocycles. The molecule has 0 saturated carbocycles. The normalized spacial score (nSPS) is 17.6. The highest BCUT2D eigenvalue weighted by Gasteiger charge is 2.30. The van der Waals surface area contributed by atoms with Gasteiger partial charge < -0.3 is 14.8 Å². The van der Waals surface area contributed by atoms with Crippen LogP contribution in [0.1, 0.15) is 42.1 Å². The van der Waals surface area contributed by atoms with E-state index >= 15 is 0 Å². The third kappa shape index (κ3) is 4.25. The molecule has 2 saturated heterocycles. The summed E-state index contributed by atoms with van der Waals surface area (Å²) in [5.41, 5.74) is 2.77. The smallest absolute Gasteiger partial charge is 0.326 e. The fourth-order valence-electron chi connectivity index (χ4n) is 5.23. The molecule has 1 N–H and O–H groups in total. The number of sulfonamides is 1. The molecule has 1 amide bonds. The average Bonchev–Trinajstić information content (AvgIpc) is 3.50. The quantitative estimate of drug-likeness (QED) is 0.584. The van der Waals surface area contributed by atoms with Crippen molar-refractivity contribution in [3.05, 3.63) is 58.5 Å². The minimum absolute atomic E-state index is 0.00112. The van der Waals surface area contributed by atoms with Crippen molar-refractivity contribution >= 4 is 32.7 Å². The number of H-pyrrole nitrogens is 1. The number of carbonyl (C=O) groups is 1. The first-order valence-electron chi connectivity index (χ1n) is 12.1. The van der Waals surface area contributed by atoms with E-state index in [1.807, 2.05) is 24.3 Å². The Balaban J connectivity index is 1.42. The fraction of sp³-hybridized carbons (Fsp3) is 0.440. The van der Waals surface area contributed by atoms with Crippen LogP contribution >= 0.6 is 0 Å². The van der Waals surface area contributed by atoms with Crippen molar-refractivity contribution in [2.45, 2.75) is 36.6 Å². The van der Waals surface area contributed by atoms with E-state index in [-0.39, 0.29) is 22.5 Å². The SMILES string of the molecule is CN(C)S(=O)(=O)c1ccc(N2CCCC2)c(C(=O)N2CCC(n3c(=O)[nH]c4ccccc43)CC2)c1. The van der Waals surface area contributed by atoms with Crippen LogP contribution in [0.5, 0.6) is 0 Å². The van der Waals surface area contributed by atoms with Crippen LogP contribution < -0.4 is 10.6 Å². The molecule has 0 atom stereocenters. The van der Waals surface area contributed by atoms with Crippen LogP contribution in [0.2, 0.25) is 0 Å². The zero-order valence-corrected chi connectivity index (χ0v) is 20.9. The lowest BCUT2D eigenvalue weighted by atomic mass is 10.0. The van der Waals surface area contributed by atoms with E-state index in [0.717, 1.165) is 47.0 Å². The van der Waals surface area contributed by atoms with Crippen molar-refractivity contribution in [2.24, 2.45) is 0 Å². The number of piperidine rings is 1. The molecule has 10 heteroatoms. The van der Waals surface area contributed by atoms with Gasteiger partial charge in [-0.05, 0) is 56.0 Å². The van der Waals surface area contributed by atoms with E-state index in [1.165, 1.54) is 20.2 Å². The van der Waals surface area contributed by atoms with Gasteiger partial charge in [0.2, 0.25) is 10.0 Å². The van der Waals surface area contributed by atoms with E-state index in [0.29, 0.717) is 31.5 Å². The zero-order chi connectivity index (χ0) is 24.7. The number of benzene rings is 2. The number of nitrogens with one attached hydrogen (secondary N) is 1. The van der Waals surface area contributed by atoms with Crippen molar-refractivity contribution in [3.63, 3.8) is 0 Å². The topological polar surface area (TPSA) is 98.7 Å². The van der Waals surface area contributed by atoms with Gasteiger partial charge >= 0.3 is 5.69 Å². The summed E-state index contributed by atoms with van der Waals surface area (Å²) in [6.07, 6.45) is 3.41. The first-order chi connectivity index (χ1) is 16.8. The van der Waals surface area contributed by atoms with Crippen molar-refractivity contribution in [2.75, 3.05) is 45.2 Å². The fourth-order valence-corrected chi connectivity index (χ4v) is 6.15. The Bertz CT molecular complexity index is 1410. The second-order valence-electron chi connectivity index (χ2n) is 9.50. The summed E-state index contributed by atoms with van der Waals surface area (Å²) < 4.78 is 28.5. The van der Waals surface area contributed by atoms with Gasteiger partial charge in [-0.3, -0.25) is 9.36 Å². The largest absolute Gasteiger partial charge is 0.371 e. The van der Waals surface area contributed by atoms with E-state index < -0.39 is 10.0 Å². The number of fused-ring (bicyclic) bond motifs is 1. The van der Waals surface area contributed by atoms with Crippen LogP contribution in [-0.2, 0) is 10.0 Å². The highest BCUT2D eigenvalue weighted by molar-refractivity contribution is 7.89. The predicted molar refractivity (Wildman–Crippen MR) is 135 cm³/mol. The van der Waals surface area contributed by atoms with Crippen LogP contribution in [0, 0.1) is 0 Å².